The highest BCUT2D eigenvalue weighted by atomic mass is 16.5. The van der Waals surface area contributed by atoms with Gasteiger partial charge in [0.25, 0.3) is 0 Å². The molecule has 4 rings (SSSR count). The quantitative estimate of drug-likeness (QED) is 0.596. The van der Waals surface area contributed by atoms with Crippen molar-refractivity contribution in [3.05, 3.63) is 81.5 Å². The molecule has 2 aromatic heterocycles. The number of rotatable bonds is 5. The second-order valence-electron chi connectivity index (χ2n) is 8.80. The van der Waals surface area contributed by atoms with Crippen molar-refractivity contribution in [3.8, 4) is 0 Å². The van der Waals surface area contributed by atoms with Crippen LogP contribution >= 0.6 is 0 Å². The summed E-state index contributed by atoms with van der Waals surface area (Å²) in [6.07, 6.45) is 3.33. The minimum Gasteiger partial charge on any atom is -0.361 e. The van der Waals surface area contributed by atoms with Crippen LogP contribution in [0.5, 0.6) is 0 Å². The third-order valence-electron chi connectivity index (χ3n) is 6.39. The van der Waals surface area contributed by atoms with E-state index in [1.165, 1.54) is 16.7 Å². The highest BCUT2D eigenvalue weighted by Crippen LogP contribution is 2.28. The summed E-state index contributed by atoms with van der Waals surface area (Å²) >= 11 is 0. The molecule has 0 aliphatic carbocycles. The number of hydrogen-bond donors (Lipinski definition) is 0. The molecule has 1 aromatic carbocycles. The minimum absolute atomic E-state index is 0.145. The summed E-state index contributed by atoms with van der Waals surface area (Å²) in [6, 6.07) is 13.0. The van der Waals surface area contributed by atoms with E-state index in [-0.39, 0.29) is 11.8 Å². The van der Waals surface area contributed by atoms with E-state index in [1.54, 1.807) is 0 Å². The van der Waals surface area contributed by atoms with Crippen molar-refractivity contribution < 1.29 is 9.32 Å². The zero-order valence-corrected chi connectivity index (χ0v) is 18.9. The fourth-order valence-electron chi connectivity index (χ4n) is 4.57. The van der Waals surface area contributed by atoms with E-state index in [0.29, 0.717) is 6.42 Å². The summed E-state index contributed by atoms with van der Waals surface area (Å²) in [6.45, 7) is 9.52. The van der Waals surface area contributed by atoms with Crippen LogP contribution in [-0.4, -0.2) is 34.0 Å². The van der Waals surface area contributed by atoms with Gasteiger partial charge in [0.1, 0.15) is 5.76 Å². The van der Waals surface area contributed by atoms with Gasteiger partial charge in [-0.05, 0) is 75.8 Å². The summed E-state index contributed by atoms with van der Waals surface area (Å²) in [5.41, 5.74) is 7.82. The van der Waals surface area contributed by atoms with Gasteiger partial charge >= 0.3 is 0 Å². The van der Waals surface area contributed by atoms with E-state index < -0.39 is 0 Å². The molecule has 3 aromatic rings. The summed E-state index contributed by atoms with van der Waals surface area (Å²) in [5, 5.41) is 3.98. The first-order chi connectivity index (χ1) is 14.9. The van der Waals surface area contributed by atoms with Gasteiger partial charge in [0.15, 0.2) is 0 Å². The Kier molecular flexibility index (Phi) is 6.21. The number of piperidine rings is 1. The lowest BCUT2D eigenvalue weighted by atomic mass is 9.91. The van der Waals surface area contributed by atoms with Crippen LogP contribution in [-0.2, 0) is 17.6 Å². The summed E-state index contributed by atoms with van der Waals surface area (Å²) in [5.74, 6) is 1.16. The van der Waals surface area contributed by atoms with Crippen LogP contribution in [0.4, 0.5) is 0 Å². The maximum atomic E-state index is 13.0. The second kappa shape index (κ2) is 9.04. The summed E-state index contributed by atoms with van der Waals surface area (Å²) < 4.78 is 5.23. The number of aryl methyl sites for hydroxylation is 4. The first-order valence-electron chi connectivity index (χ1n) is 11.1. The Labute approximate surface area is 184 Å². The monoisotopic (exact) mass is 417 g/mol. The zero-order chi connectivity index (χ0) is 22.0. The third kappa shape index (κ3) is 4.87. The van der Waals surface area contributed by atoms with Crippen molar-refractivity contribution in [2.24, 2.45) is 0 Å². The second-order valence-corrected chi connectivity index (χ2v) is 8.80. The van der Waals surface area contributed by atoms with Gasteiger partial charge in [0.05, 0.1) is 12.1 Å². The van der Waals surface area contributed by atoms with Crippen molar-refractivity contribution >= 4 is 5.91 Å². The van der Waals surface area contributed by atoms with Crippen LogP contribution in [0.15, 0.2) is 40.9 Å². The summed E-state index contributed by atoms with van der Waals surface area (Å²) in [4.78, 5) is 19.8. The Morgan fingerprint density at radius 1 is 1.16 bits per heavy atom. The number of pyridine rings is 1. The molecule has 1 unspecified atom stereocenters. The predicted octanol–water partition coefficient (Wildman–Crippen LogP) is 4.84. The van der Waals surface area contributed by atoms with Crippen LogP contribution in [0.2, 0.25) is 0 Å². The van der Waals surface area contributed by atoms with Crippen LogP contribution in [0.3, 0.4) is 0 Å². The Morgan fingerprint density at radius 3 is 2.71 bits per heavy atom. The maximum Gasteiger partial charge on any atom is 0.227 e. The molecule has 1 amide bonds. The van der Waals surface area contributed by atoms with Crippen molar-refractivity contribution in [3.63, 3.8) is 0 Å². The van der Waals surface area contributed by atoms with Gasteiger partial charge in [0, 0.05) is 36.0 Å². The lowest BCUT2D eigenvalue weighted by Crippen LogP contribution is -2.40. The standard InChI is InChI=1S/C26H31N3O2/c1-17-8-5-6-9-22(17)13-21-12-18(2)27-25(14-21)23-10-7-11-29(16-23)26(30)15-24-19(3)28-31-20(24)4/h5-6,8-9,12,14,23H,7,10-11,13,15-16H2,1-4H3. The van der Waals surface area contributed by atoms with Gasteiger partial charge in [-0.15, -0.1) is 0 Å². The maximum absolute atomic E-state index is 13.0. The number of aromatic nitrogens is 2. The molecule has 1 aliphatic heterocycles. The van der Waals surface area contributed by atoms with Gasteiger partial charge in [-0.3, -0.25) is 9.78 Å². The molecule has 5 heteroatoms. The number of carbonyl (C=O) groups excluding carboxylic acids is 1. The molecule has 5 nitrogen and oxygen atoms in total. The van der Waals surface area contributed by atoms with E-state index in [0.717, 1.165) is 60.8 Å². The van der Waals surface area contributed by atoms with Crippen LogP contribution in [0, 0.1) is 27.7 Å². The zero-order valence-electron chi connectivity index (χ0n) is 18.9. The predicted molar refractivity (Wildman–Crippen MR) is 121 cm³/mol. The van der Waals surface area contributed by atoms with E-state index >= 15 is 0 Å². The fraction of sp³-hybridized carbons (Fsp3) is 0.423. The Balaban J connectivity index is 1.49. The lowest BCUT2D eigenvalue weighted by Gasteiger charge is -2.33. The van der Waals surface area contributed by atoms with Crippen molar-refractivity contribution in [2.45, 2.75) is 59.3 Å². The molecule has 1 aliphatic rings. The number of carbonyl (C=O) groups is 1. The Hall–Kier alpha value is -2.95. The molecule has 1 atom stereocenters. The van der Waals surface area contributed by atoms with E-state index in [1.807, 2.05) is 18.7 Å². The van der Waals surface area contributed by atoms with E-state index in [4.69, 9.17) is 9.51 Å². The Morgan fingerprint density at radius 2 is 1.97 bits per heavy atom. The molecule has 0 radical (unpaired) electrons. The molecule has 1 fully saturated rings. The molecule has 0 saturated carbocycles. The number of nitrogens with zero attached hydrogens (tertiary/aromatic N) is 3. The molecular weight excluding hydrogens is 386 g/mol. The average molecular weight is 418 g/mol. The molecule has 1 saturated heterocycles. The number of hydrogen-bond acceptors (Lipinski definition) is 4. The van der Waals surface area contributed by atoms with E-state index in [2.05, 4.69) is 55.4 Å². The van der Waals surface area contributed by atoms with Gasteiger partial charge in [0.2, 0.25) is 5.91 Å². The van der Waals surface area contributed by atoms with Crippen molar-refractivity contribution in [2.75, 3.05) is 13.1 Å². The van der Waals surface area contributed by atoms with Crippen molar-refractivity contribution in [1.29, 1.82) is 0 Å². The average Bonchev–Trinajstić information content (AvgIpc) is 3.07. The third-order valence-corrected chi connectivity index (χ3v) is 6.39. The smallest absolute Gasteiger partial charge is 0.227 e. The topological polar surface area (TPSA) is 59.2 Å². The molecule has 3 heterocycles. The first-order valence-corrected chi connectivity index (χ1v) is 11.1. The summed E-state index contributed by atoms with van der Waals surface area (Å²) in [7, 11) is 0. The molecule has 0 N–H and O–H groups in total. The van der Waals surface area contributed by atoms with Gasteiger partial charge in [-0.25, -0.2) is 0 Å². The SMILES string of the molecule is Cc1cc(Cc2ccccc2C)cc(C2CCCN(C(=O)Cc3c(C)noc3C)C2)n1. The van der Waals surface area contributed by atoms with Crippen LogP contribution in [0.1, 0.15) is 63.9 Å². The minimum atomic E-state index is 0.145. The van der Waals surface area contributed by atoms with Crippen LogP contribution < -0.4 is 0 Å². The highest BCUT2D eigenvalue weighted by Gasteiger charge is 2.27. The highest BCUT2D eigenvalue weighted by molar-refractivity contribution is 5.79. The fourth-order valence-corrected chi connectivity index (χ4v) is 4.57. The normalized spacial score (nSPS) is 16.5. The Bertz CT molecular complexity index is 1070. The van der Waals surface area contributed by atoms with Gasteiger partial charge in [-0.1, -0.05) is 29.4 Å². The number of likely N-dealkylation sites (tertiary alicyclic amines) is 1. The first kappa shape index (κ1) is 21.3. The van der Waals surface area contributed by atoms with Gasteiger partial charge in [-0.2, -0.15) is 0 Å². The lowest BCUT2D eigenvalue weighted by molar-refractivity contribution is -0.131. The van der Waals surface area contributed by atoms with E-state index in [9.17, 15) is 4.79 Å². The molecular formula is C26H31N3O2. The number of benzene rings is 1. The number of amides is 1. The molecule has 31 heavy (non-hydrogen) atoms. The van der Waals surface area contributed by atoms with Crippen LogP contribution in [0.25, 0.3) is 0 Å². The largest absolute Gasteiger partial charge is 0.361 e. The molecule has 0 bridgehead atoms. The molecule has 0 spiro atoms. The van der Waals surface area contributed by atoms with Crippen molar-refractivity contribution in [1.82, 2.24) is 15.0 Å². The molecule has 162 valence electrons. The van der Waals surface area contributed by atoms with Gasteiger partial charge < -0.3 is 9.42 Å².